The minimum atomic E-state index is -3.70. The highest BCUT2D eigenvalue weighted by Gasteiger charge is 2.33. The van der Waals surface area contributed by atoms with Crippen molar-refractivity contribution in [2.24, 2.45) is 0 Å². The third kappa shape index (κ3) is 9.30. The van der Waals surface area contributed by atoms with Crippen LogP contribution in [0.1, 0.15) is 44.7 Å². The number of hydrogen-bond donors (Lipinski definition) is 1. The summed E-state index contributed by atoms with van der Waals surface area (Å²) in [5.41, 5.74) is 0.921. The van der Waals surface area contributed by atoms with Gasteiger partial charge in [0.1, 0.15) is 17.6 Å². The van der Waals surface area contributed by atoms with Crippen molar-refractivity contribution in [3.63, 3.8) is 0 Å². The van der Waals surface area contributed by atoms with Crippen molar-refractivity contribution in [1.29, 1.82) is 0 Å². The van der Waals surface area contributed by atoms with Crippen LogP contribution in [0.25, 0.3) is 0 Å². The predicted molar refractivity (Wildman–Crippen MR) is 163 cm³/mol. The average molecular weight is 598 g/mol. The number of carbonyl (C=O) groups is 2. The molecule has 3 aromatic rings. The van der Waals surface area contributed by atoms with Crippen molar-refractivity contribution >= 4 is 27.5 Å². The molecule has 3 rings (SSSR count). The molecule has 0 aliphatic rings. The number of carbonyl (C=O) groups excluding carboxylic acids is 2. The largest absolute Gasteiger partial charge is 0.495 e. The Hall–Kier alpha value is -3.92. The molecule has 0 saturated carbocycles. The number of ether oxygens (including phenoxy) is 1. The quantitative estimate of drug-likeness (QED) is 0.301. The van der Waals surface area contributed by atoms with Crippen molar-refractivity contribution in [3.05, 3.63) is 95.8 Å². The number of amides is 2. The fourth-order valence-corrected chi connectivity index (χ4v) is 5.60. The molecule has 1 unspecified atom stereocenters. The maximum absolute atomic E-state index is 14.8. The maximum atomic E-state index is 14.8. The highest BCUT2D eigenvalue weighted by atomic mass is 32.2. The smallest absolute Gasteiger partial charge is 0.243 e. The Kier molecular flexibility index (Phi) is 11.1. The van der Waals surface area contributed by atoms with Gasteiger partial charge in [0, 0.05) is 37.0 Å². The topological polar surface area (TPSA) is 96.0 Å². The highest BCUT2D eigenvalue weighted by molar-refractivity contribution is 7.92. The lowest BCUT2D eigenvalue weighted by molar-refractivity contribution is -0.142. The van der Waals surface area contributed by atoms with E-state index in [1.165, 1.54) is 22.4 Å². The monoisotopic (exact) mass is 597 g/mol. The van der Waals surface area contributed by atoms with Crippen molar-refractivity contribution in [2.45, 2.75) is 58.2 Å². The van der Waals surface area contributed by atoms with Gasteiger partial charge in [-0.05, 0) is 51.0 Å². The van der Waals surface area contributed by atoms with Crippen molar-refractivity contribution < 1.29 is 27.1 Å². The molecule has 0 spiro atoms. The van der Waals surface area contributed by atoms with Gasteiger partial charge in [-0.1, -0.05) is 60.7 Å². The zero-order valence-corrected chi connectivity index (χ0v) is 25.7. The summed E-state index contributed by atoms with van der Waals surface area (Å²) in [6.07, 6.45) is 1.42. The minimum absolute atomic E-state index is 0.00994. The van der Waals surface area contributed by atoms with E-state index in [-0.39, 0.29) is 43.8 Å². The second-order valence-corrected chi connectivity index (χ2v) is 13.1. The normalized spacial score (nSPS) is 12.3. The number of halogens is 1. The predicted octanol–water partition coefficient (Wildman–Crippen LogP) is 4.94. The lowest BCUT2D eigenvalue weighted by Crippen LogP contribution is -2.54. The third-order valence-corrected chi connectivity index (χ3v) is 7.75. The van der Waals surface area contributed by atoms with Crippen LogP contribution in [0.15, 0.2) is 78.9 Å². The van der Waals surface area contributed by atoms with Crippen LogP contribution >= 0.6 is 0 Å². The molecule has 0 aromatic heterocycles. The average Bonchev–Trinajstić information content (AvgIpc) is 2.92. The number of benzene rings is 3. The molecule has 0 fully saturated rings. The number of sulfonamides is 1. The molecule has 1 N–H and O–H groups in total. The number of nitrogens with zero attached hydrogens (tertiary/aromatic N) is 2. The Labute approximate surface area is 248 Å². The van der Waals surface area contributed by atoms with Gasteiger partial charge in [0.2, 0.25) is 21.8 Å². The van der Waals surface area contributed by atoms with Crippen molar-refractivity contribution in [2.75, 3.05) is 24.2 Å². The SMILES string of the molecule is COc1ccccc1N(CCCC(=O)N(Cc1ccccc1F)C(Cc1ccccc1)C(=O)NC(C)(C)C)S(C)(=O)=O. The van der Waals surface area contributed by atoms with E-state index in [1.807, 2.05) is 51.1 Å². The number of nitrogens with one attached hydrogen (secondary N) is 1. The summed E-state index contributed by atoms with van der Waals surface area (Å²) in [6, 6.07) is 21.3. The van der Waals surface area contributed by atoms with Gasteiger partial charge in [0.05, 0.1) is 19.1 Å². The molecular weight excluding hydrogens is 557 g/mol. The number of anilines is 1. The number of methoxy groups -OCH3 is 1. The molecule has 0 heterocycles. The summed E-state index contributed by atoms with van der Waals surface area (Å²) < 4.78 is 46.8. The number of hydrogen-bond acceptors (Lipinski definition) is 5. The number of para-hydroxylation sites is 2. The molecular formula is C32H40FN3O5S. The molecule has 10 heteroatoms. The third-order valence-electron chi connectivity index (χ3n) is 6.57. The first-order chi connectivity index (χ1) is 19.8. The molecule has 1 atom stereocenters. The van der Waals surface area contributed by atoms with Gasteiger partial charge in [-0.15, -0.1) is 0 Å². The standard InChI is InChI=1S/C32H40FN3O5S/c1-32(2,3)34-31(38)28(22-24-14-7-6-8-15-24)35(23-25-16-9-10-17-26(25)33)30(37)20-13-21-36(42(5,39)40)27-18-11-12-19-29(27)41-4/h6-12,14-19,28H,13,20-23H2,1-5H3,(H,34,38). The Morgan fingerprint density at radius 3 is 2.19 bits per heavy atom. The van der Waals surface area contributed by atoms with E-state index in [0.717, 1.165) is 11.8 Å². The Morgan fingerprint density at radius 2 is 1.57 bits per heavy atom. The van der Waals surface area contributed by atoms with Gasteiger partial charge in [0.25, 0.3) is 0 Å². The van der Waals surface area contributed by atoms with Crippen LogP contribution in [-0.2, 0) is 32.6 Å². The van der Waals surface area contributed by atoms with Gasteiger partial charge >= 0.3 is 0 Å². The maximum Gasteiger partial charge on any atom is 0.243 e. The van der Waals surface area contributed by atoms with Gasteiger partial charge < -0.3 is 15.0 Å². The molecule has 0 aliphatic heterocycles. The fraction of sp³-hybridized carbons (Fsp3) is 0.375. The van der Waals surface area contributed by atoms with Crippen LogP contribution in [0, 0.1) is 5.82 Å². The molecule has 8 nitrogen and oxygen atoms in total. The second kappa shape index (κ2) is 14.3. The highest BCUT2D eigenvalue weighted by Crippen LogP contribution is 2.30. The van der Waals surface area contributed by atoms with Crippen LogP contribution < -0.4 is 14.4 Å². The molecule has 0 saturated heterocycles. The van der Waals surface area contributed by atoms with Crippen LogP contribution in [0.2, 0.25) is 0 Å². The van der Waals surface area contributed by atoms with E-state index in [0.29, 0.717) is 11.4 Å². The van der Waals surface area contributed by atoms with E-state index < -0.39 is 33.3 Å². The van der Waals surface area contributed by atoms with Crippen LogP contribution in [-0.4, -0.2) is 56.6 Å². The molecule has 0 aliphatic carbocycles. The van der Waals surface area contributed by atoms with E-state index >= 15 is 0 Å². The molecule has 2 amide bonds. The Bertz CT molecular complexity index is 1460. The first-order valence-electron chi connectivity index (χ1n) is 13.8. The fourth-order valence-electron chi connectivity index (χ4n) is 4.64. The van der Waals surface area contributed by atoms with E-state index in [2.05, 4.69) is 5.32 Å². The summed E-state index contributed by atoms with van der Waals surface area (Å²) in [5, 5.41) is 2.98. The Morgan fingerprint density at radius 1 is 0.952 bits per heavy atom. The second-order valence-electron chi connectivity index (χ2n) is 11.2. The van der Waals surface area contributed by atoms with Crippen LogP contribution in [0.4, 0.5) is 10.1 Å². The lowest BCUT2D eigenvalue weighted by atomic mass is 10.00. The Balaban J connectivity index is 1.93. The molecule has 0 bridgehead atoms. The first kappa shape index (κ1) is 32.6. The lowest BCUT2D eigenvalue weighted by Gasteiger charge is -2.34. The molecule has 226 valence electrons. The van der Waals surface area contributed by atoms with Crippen LogP contribution in [0.5, 0.6) is 5.75 Å². The summed E-state index contributed by atoms with van der Waals surface area (Å²) in [6.45, 7) is 5.44. The first-order valence-corrected chi connectivity index (χ1v) is 15.6. The number of rotatable bonds is 13. The van der Waals surface area contributed by atoms with Gasteiger partial charge in [-0.25, -0.2) is 12.8 Å². The molecule has 42 heavy (non-hydrogen) atoms. The van der Waals surface area contributed by atoms with E-state index in [4.69, 9.17) is 4.74 Å². The van der Waals surface area contributed by atoms with Crippen molar-refractivity contribution in [1.82, 2.24) is 10.2 Å². The van der Waals surface area contributed by atoms with Gasteiger partial charge in [-0.2, -0.15) is 0 Å². The molecule has 0 radical (unpaired) electrons. The zero-order chi connectivity index (χ0) is 30.9. The van der Waals surface area contributed by atoms with E-state index in [1.54, 1.807) is 42.5 Å². The van der Waals surface area contributed by atoms with E-state index in [9.17, 15) is 22.4 Å². The summed E-state index contributed by atoms with van der Waals surface area (Å²) in [5.74, 6) is -0.846. The van der Waals surface area contributed by atoms with Crippen molar-refractivity contribution in [3.8, 4) is 5.75 Å². The summed E-state index contributed by atoms with van der Waals surface area (Å²) in [4.78, 5) is 28.9. The minimum Gasteiger partial charge on any atom is -0.495 e. The molecule has 3 aromatic carbocycles. The van der Waals surface area contributed by atoms with Gasteiger partial charge in [0.15, 0.2) is 0 Å². The van der Waals surface area contributed by atoms with Crippen LogP contribution in [0.3, 0.4) is 0 Å². The zero-order valence-electron chi connectivity index (χ0n) is 24.8. The summed E-state index contributed by atoms with van der Waals surface area (Å²) in [7, 11) is -2.24. The summed E-state index contributed by atoms with van der Waals surface area (Å²) >= 11 is 0. The van der Waals surface area contributed by atoms with Gasteiger partial charge in [-0.3, -0.25) is 13.9 Å².